The van der Waals surface area contributed by atoms with Gasteiger partial charge in [-0.05, 0) is 30.2 Å². The first-order valence-corrected chi connectivity index (χ1v) is 8.81. The Morgan fingerprint density at radius 2 is 1.61 bits per heavy atom. The number of thioether (sulfide) groups is 1. The van der Waals surface area contributed by atoms with Gasteiger partial charge in [0.2, 0.25) is 0 Å². The molecule has 0 bridgehead atoms. The second-order valence-electron chi connectivity index (χ2n) is 4.87. The number of hydrogen-bond donors (Lipinski definition) is 0. The molecule has 0 saturated heterocycles. The summed E-state index contributed by atoms with van der Waals surface area (Å²) in [5, 5.41) is 1.28. The first kappa shape index (κ1) is 17.5. The quantitative estimate of drug-likeness (QED) is 0.472. The number of hydrogen-bond acceptors (Lipinski definition) is 2. The van der Waals surface area contributed by atoms with Gasteiger partial charge in [-0.3, -0.25) is 4.39 Å². The maximum Gasteiger partial charge on any atom is 0.0785 e. The van der Waals surface area contributed by atoms with Crippen molar-refractivity contribution in [2.75, 3.05) is 7.18 Å². The minimum atomic E-state index is 0.500. The lowest BCUT2D eigenvalue weighted by atomic mass is 9.98. The van der Waals surface area contributed by atoms with Crippen molar-refractivity contribution in [2.45, 2.75) is 31.4 Å². The van der Waals surface area contributed by atoms with E-state index in [1.165, 1.54) is 32.7 Å². The highest BCUT2D eigenvalue weighted by atomic mass is 32.2. The number of pyridine rings is 1. The summed E-state index contributed by atoms with van der Waals surface area (Å²) >= 11 is 1.91. The fraction of sp³-hybridized carbons (Fsp3) is 0.250. The Balaban J connectivity index is 0.000000448. The van der Waals surface area contributed by atoms with Crippen molar-refractivity contribution in [3.8, 4) is 11.3 Å². The molecule has 2 heterocycles. The molecule has 3 heteroatoms. The third kappa shape index (κ3) is 3.25. The van der Waals surface area contributed by atoms with Crippen molar-refractivity contribution in [2.24, 2.45) is 0 Å². The zero-order chi connectivity index (χ0) is 16.8. The number of aryl methyl sites for hydroxylation is 1. The maximum absolute atomic E-state index is 9.50. The zero-order valence-corrected chi connectivity index (χ0v) is 14.9. The number of aromatic nitrogens is 1. The predicted molar refractivity (Wildman–Crippen MR) is 99.9 cm³/mol. The molecular formula is C20H22FNS. The van der Waals surface area contributed by atoms with Gasteiger partial charge in [-0.25, -0.2) is 4.98 Å². The molecule has 1 aromatic heterocycles. The third-order valence-corrected chi connectivity index (χ3v) is 4.89. The molecule has 1 nitrogen and oxygen atoms in total. The second kappa shape index (κ2) is 8.11. The van der Waals surface area contributed by atoms with Crippen LogP contribution in [0.2, 0.25) is 0 Å². The predicted octanol–water partition coefficient (Wildman–Crippen LogP) is 6.43. The van der Waals surface area contributed by atoms with E-state index < -0.39 is 0 Å². The van der Waals surface area contributed by atoms with Gasteiger partial charge in [0.05, 0.1) is 18.4 Å². The molecule has 23 heavy (non-hydrogen) atoms. The minimum absolute atomic E-state index is 0.500. The topological polar surface area (TPSA) is 12.9 Å². The van der Waals surface area contributed by atoms with Gasteiger partial charge >= 0.3 is 0 Å². The molecule has 1 aliphatic rings. The molecule has 4 rings (SSSR count). The second-order valence-corrected chi connectivity index (χ2v) is 5.88. The van der Waals surface area contributed by atoms with E-state index in [1.54, 1.807) is 0 Å². The van der Waals surface area contributed by atoms with Crippen LogP contribution in [-0.4, -0.2) is 12.2 Å². The molecule has 1 aliphatic heterocycles. The van der Waals surface area contributed by atoms with Gasteiger partial charge in [0.15, 0.2) is 0 Å². The summed E-state index contributed by atoms with van der Waals surface area (Å²) in [5.41, 5.74) is 6.32. The number of para-hydroxylation sites is 1. The Labute approximate surface area is 142 Å². The number of halogens is 1. The highest BCUT2D eigenvalue weighted by Gasteiger charge is 2.20. The SMILES string of the molecule is CC.CF.Cc1c2c(nc3ccccc13)-c1ccccc1SC2. The average molecular weight is 327 g/mol. The molecule has 120 valence electrons. The van der Waals surface area contributed by atoms with E-state index in [4.69, 9.17) is 4.98 Å². The number of fused-ring (bicyclic) bond motifs is 4. The molecule has 0 saturated carbocycles. The molecule has 0 aliphatic carbocycles. The van der Waals surface area contributed by atoms with Crippen LogP contribution in [0, 0.1) is 6.92 Å². The standard InChI is InChI=1S/C17H13NS.C2H6.CH3F/c1-11-12-6-2-4-8-15(12)18-17-13-7-3-5-9-16(13)19-10-14(11)17;2*1-2/h2-9H,10H2,1H3;1-2H3;1H3. The smallest absolute Gasteiger partial charge is 0.0785 e. The van der Waals surface area contributed by atoms with E-state index in [2.05, 4.69) is 55.5 Å². The van der Waals surface area contributed by atoms with Crippen molar-refractivity contribution in [1.82, 2.24) is 4.98 Å². The normalized spacial score (nSPS) is 11.3. The fourth-order valence-corrected chi connectivity index (χ4v) is 3.90. The summed E-state index contributed by atoms with van der Waals surface area (Å²) in [6.07, 6.45) is 0. The molecule has 0 atom stereocenters. The fourth-order valence-electron chi connectivity index (χ4n) is 2.75. The van der Waals surface area contributed by atoms with Crippen LogP contribution < -0.4 is 0 Å². The van der Waals surface area contributed by atoms with Crippen LogP contribution >= 0.6 is 11.8 Å². The molecular weight excluding hydrogens is 305 g/mol. The molecule has 0 N–H and O–H groups in total. The summed E-state index contributed by atoms with van der Waals surface area (Å²) < 4.78 is 9.50. The van der Waals surface area contributed by atoms with Gasteiger partial charge in [0.25, 0.3) is 0 Å². The summed E-state index contributed by atoms with van der Waals surface area (Å²) in [5.74, 6) is 1.02. The lowest BCUT2D eigenvalue weighted by molar-refractivity contribution is 0.636. The first-order valence-electron chi connectivity index (χ1n) is 7.83. The monoisotopic (exact) mass is 327 g/mol. The largest absolute Gasteiger partial charge is 0.255 e. The molecule has 3 aromatic rings. The highest BCUT2D eigenvalue weighted by molar-refractivity contribution is 7.98. The number of alkyl halides is 1. The van der Waals surface area contributed by atoms with Crippen LogP contribution in [-0.2, 0) is 5.75 Å². The molecule has 0 fully saturated rings. The lowest BCUT2D eigenvalue weighted by Gasteiger charge is -2.21. The lowest BCUT2D eigenvalue weighted by Crippen LogP contribution is -2.02. The first-order chi connectivity index (χ1) is 11.3. The summed E-state index contributed by atoms with van der Waals surface area (Å²) in [6, 6.07) is 17.0. The Morgan fingerprint density at radius 1 is 0.957 bits per heavy atom. The summed E-state index contributed by atoms with van der Waals surface area (Å²) in [7, 11) is 0.500. The van der Waals surface area contributed by atoms with Crippen LogP contribution in [0.3, 0.4) is 0 Å². The number of benzene rings is 2. The van der Waals surface area contributed by atoms with Gasteiger partial charge in [0, 0.05) is 21.6 Å². The van der Waals surface area contributed by atoms with Crippen molar-refractivity contribution >= 4 is 22.7 Å². The van der Waals surface area contributed by atoms with Crippen molar-refractivity contribution < 1.29 is 4.39 Å². The zero-order valence-electron chi connectivity index (χ0n) is 14.1. The van der Waals surface area contributed by atoms with Crippen LogP contribution in [0.5, 0.6) is 0 Å². The summed E-state index contributed by atoms with van der Waals surface area (Å²) in [4.78, 5) is 6.25. The Morgan fingerprint density at radius 3 is 2.39 bits per heavy atom. The summed E-state index contributed by atoms with van der Waals surface area (Å²) in [6.45, 7) is 6.22. The van der Waals surface area contributed by atoms with Crippen LogP contribution in [0.15, 0.2) is 53.4 Å². The number of nitrogens with zero attached hydrogens (tertiary/aromatic N) is 1. The van der Waals surface area contributed by atoms with E-state index in [9.17, 15) is 4.39 Å². The van der Waals surface area contributed by atoms with Crippen molar-refractivity contribution in [1.29, 1.82) is 0 Å². The molecule has 0 spiro atoms. The third-order valence-electron chi connectivity index (χ3n) is 3.79. The molecule has 0 amide bonds. The molecule has 0 unspecified atom stereocenters. The molecule has 2 aromatic carbocycles. The van der Waals surface area contributed by atoms with Gasteiger partial charge in [-0.2, -0.15) is 0 Å². The van der Waals surface area contributed by atoms with Crippen molar-refractivity contribution in [3.05, 3.63) is 59.7 Å². The Bertz CT molecular complexity index is 799. The van der Waals surface area contributed by atoms with Gasteiger partial charge in [0.1, 0.15) is 0 Å². The van der Waals surface area contributed by atoms with E-state index >= 15 is 0 Å². The van der Waals surface area contributed by atoms with E-state index in [0.717, 1.165) is 11.3 Å². The van der Waals surface area contributed by atoms with Crippen LogP contribution in [0.4, 0.5) is 4.39 Å². The Kier molecular flexibility index (Phi) is 6.17. The van der Waals surface area contributed by atoms with E-state index in [-0.39, 0.29) is 0 Å². The maximum atomic E-state index is 9.50. The van der Waals surface area contributed by atoms with E-state index in [0.29, 0.717) is 7.18 Å². The van der Waals surface area contributed by atoms with Gasteiger partial charge in [-0.15, -0.1) is 11.8 Å². The van der Waals surface area contributed by atoms with Crippen molar-refractivity contribution in [3.63, 3.8) is 0 Å². The van der Waals surface area contributed by atoms with Gasteiger partial charge in [-0.1, -0.05) is 50.2 Å². The average Bonchev–Trinajstić information content (AvgIpc) is 2.65. The highest BCUT2D eigenvalue weighted by Crippen LogP contribution is 2.42. The number of rotatable bonds is 0. The van der Waals surface area contributed by atoms with Crippen LogP contribution in [0.25, 0.3) is 22.2 Å². The minimum Gasteiger partial charge on any atom is -0.255 e. The molecule has 0 radical (unpaired) electrons. The Hall–Kier alpha value is -1.87. The van der Waals surface area contributed by atoms with Crippen LogP contribution in [0.1, 0.15) is 25.0 Å². The van der Waals surface area contributed by atoms with E-state index in [1.807, 2.05) is 25.6 Å². The van der Waals surface area contributed by atoms with Gasteiger partial charge < -0.3 is 0 Å².